The molecule has 1 N–H and O–H groups in total. The third kappa shape index (κ3) is 3.45. The summed E-state index contributed by atoms with van der Waals surface area (Å²) >= 11 is 0. The number of fused-ring (bicyclic) bond motifs is 1. The van der Waals surface area contributed by atoms with Crippen molar-refractivity contribution in [3.63, 3.8) is 0 Å². The van der Waals surface area contributed by atoms with Crippen molar-refractivity contribution in [1.29, 1.82) is 0 Å². The van der Waals surface area contributed by atoms with Crippen LogP contribution >= 0.6 is 0 Å². The van der Waals surface area contributed by atoms with Crippen molar-refractivity contribution in [2.45, 2.75) is 65.2 Å². The van der Waals surface area contributed by atoms with Crippen molar-refractivity contribution in [1.82, 2.24) is 9.55 Å². The zero-order valence-electron chi connectivity index (χ0n) is 17.5. The quantitative estimate of drug-likeness (QED) is 0.798. The first-order chi connectivity index (χ1) is 12.4. The number of nitrogens with zero attached hydrogens (tertiary/aromatic N) is 2. The van der Waals surface area contributed by atoms with Gasteiger partial charge in [0.15, 0.2) is 0 Å². The maximum Gasteiger partial charge on any atom is 0.372 e. The molecule has 144 valence electrons. The molecule has 4 heteroatoms. The molecular weight excluding hydrogens is 336 g/mol. The number of allylic oxidation sites excluding steroid dienone is 1. The van der Waals surface area contributed by atoms with Gasteiger partial charge in [-0.05, 0) is 71.4 Å². The SMILES string of the molecule is C/C(=C\c1cn(C)c(C(=O)O)n1)c1cc2c(cc1C)C(C)(C)CCC2(C)C. The van der Waals surface area contributed by atoms with E-state index in [2.05, 4.69) is 58.7 Å². The van der Waals surface area contributed by atoms with Crippen LogP contribution in [0.1, 0.15) is 86.0 Å². The number of hydrogen-bond acceptors (Lipinski definition) is 2. The zero-order chi connectivity index (χ0) is 20.1. The second kappa shape index (κ2) is 6.36. The van der Waals surface area contributed by atoms with E-state index >= 15 is 0 Å². The predicted molar refractivity (Wildman–Crippen MR) is 110 cm³/mol. The number of carbonyl (C=O) groups is 1. The molecule has 4 nitrogen and oxygen atoms in total. The van der Waals surface area contributed by atoms with Gasteiger partial charge < -0.3 is 9.67 Å². The van der Waals surface area contributed by atoms with Crippen LogP contribution in [0.2, 0.25) is 0 Å². The third-order valence-electron chi connectivity index (χ3n) is 6.07. The highest BCUT2D eigenvalue weighted by Crippen LogP contribution is 2.47. The van der Waals surface area contributed by atoms with Gasteiger partial charge in [0.25, 0.3) is 0 Å². The first-order valence-electron chi connectivity index (χ1n) is 9.53. The molecule has 27 heavy (non-hydrogen) atoms. The Morgan fingerprint density at radius 3 is 2.22 bits per heavy atom. The second-order valence-electron chi connectivity index (χ2n) is 9.21. The minimum atomic E-state index is -1.01. The maximum absolute atomic E-state index is 11.2. The number of aromatic nitrogens is 2. The van der Waals surface area contributed by atoms with E-state index in [1.807, 2.05) is 6.08 Å². The molecule has 0 fully saturated rings. The van der Waals surface area contributed by atoms with Gasteiger partial charge in [0.05, 0.1) is 5.69 Å². The summed E-state index contributed by atoms with van der Waals surface area (Å²) in [5.74, 6) is -0.956. The summed E-state index contributed by atoms with van der Waals surface area (Å²) in [7, 11) is 1.71. The third-order valence-corrected chi connectivity index (χ3v) is 6.07. The van der Waals surface area contributed by atoms with E-state index < -0.39 is 5.97 Å². The Kier molecular flexibility index (Phi) is 4.57. The Labute approximate surface area is 161 Å². The van der Waals surface area contributed by atoms with Crippen LogP contribution in [-0.2, 0) is 17.9 Å². The Hall–Kier alpha value is -2.36. The van der Waals surface area contributed by atoms with E-state index in [1.54, 1.807) is 17.8 Å². The number of benzene rings is 1. The Morgan fingerprint density at radius 1 is 1.15 bits per heavy atom. The molecule has 0 bridgehead atoms. The average molecular weight is 367 g/mol. The maximum atomic E-state index is 11.2. The first-order valence-corrected chi connectivity index (χ1v) is 9.53. The first kappa shape index (κ1) is 19.4. The van der Waals surface area contributed by atoms with Crippen LogP contribution in [-0.4, -0.2) is 20.6 Å². The standard InChI is InChI=1S/C23H30N2O2/c1-14(10-16-13-25(7)20(24-16)21(26)27)17-12-19-18(11-15(17)2)22(3,4)8-9-23(19,5)6/h10-13H,8-9H2,1-7H3,(H,26,27)/b14-10+. The lowest BCUT2D eigenvalue weighted by atomic mass is 9.62. The van der Waals surface area contributed by atoms with Crippen molar-refractivity contribution >= 4 is 17.6 Å². The summed E-state index contributed by atoms with van der Waals surface area (Å²) in [6.07, 6.45) is 6.11. The minimum Gasteiger partial charge on any atom is -0.475 e. The number of carboxylic acid groups (broad SMARTS) is 1. The lowest BCUT2D eigenvalue weighted by Gasteiger charge is -2.42. The molecule has 0 unspecified atom stereocenters. The van der Waals surface area contributed by atoms with E-state index in [4.69, 9.17) is 0 Å². The molecule has 0 atom stereocenters. The molecule has 1 aliphatic rings. The Bertz CT molecular complexity index is 946. The average Bonchev–Trinajstić information content (AvgIpc) is 2.92. The van der Waals surface area contributed by atoms with Crippen LogP contribution in [0.3, 0.4) is 0 Å². The van der Waals surface area contributed by atoms with Gasteiger partial charge in [0, 0.05) is 13.2 Å². The molecule has 2 aromatic rings. The summed E-state index contributed by atoms with van der Waals surface area (Å²) in [6, 6.07) is 4.70. The van der Waals surface area contributed by atoms with Gasteiger partial charge >= 0.3 is 5.97 Å². The van der Waals surface area contributed by atoms with Crippen molar-refractivity contribution in [2.24, 2.45) is 7.05 Å². The van der Waals surface area contributed by atoms with Crippen molar-refractivity contribution in [3.8, 4) is 0 Å². The monoisotopic (exact) mass is 366 g/mol. The van der Waals surface area contributed by atoms with Gasteiger partial charge in [0.1, 0.15) is 0 Å². The van der Waals surface area contributed by atoms with Gasteiger partial charge in [-0.2, -0.15) is 0 Å². The van der Waals surface area contributed by atoms with Crippen LogP contribution in [0.5, 0.6) is 0 Å². The highest BCUT2D eigenvalue weighted by atomic mass is 16.4. The van der Waals surface area contributed by atoms with Crippen molar-refractivity contribution < 1.29 is 9.90 Å². The number of imidazole rings is 1. The minimum absolute atomic E-state index is 0.0547. The Balaban J connectivity index is 2.10. The second-order valence-corrected chi connectivity index (χ2v) is 9.21. The smallest absolute Gasteiger partial charge is 0.372 e. The molecule has 3 rings (SSSR count). The van der Waals surface area contributed by atoms with Crippen molar-refractivity contribution in [3.05, 3.63) is 52.1 Å². The molecule has 0 spiro atoms. The number of aromatic carboxylic acids is 1. The number of rotatable bonds is 3. The number of carboxylic acids is 1. The fraction of sp³-hybridized carbons (Fsp3) is 0.478. The fourth-order valence-electron chi connectivity index (χ4n) is 4.20. The van der Waals surface area contributed by atoms with Gasteiger partial charge in [-0.15, -0.1) is 0 Å². The molecule has 0 aliphatic heterocycles. The van der Waals surface area contributed by atoms with Gasteiger partial charge in [0.2, 0.25) is 5.82 Å². The van der Waals surface area contributed by atoms with Crippen molar-refractivity contribution in [2.75, 3.05) is 0 Å². The van der Waals surface area contributed by atoms with Crippen LogP contribution < -0.4 is 0 Å². The predicted octanol–water partition coefficient (Wildman–Crippen LogP) is 5.34. The molecular formula is C23H30N2O2. The summed E-state index contributed by atoms with van der Waals surface area (Å²) in [5.41, 5.74) is 7.48. The molecule has 0 saturated heterocycles. The molecule has 0 amide bonds. The van der Waals surface area contributed by atoms with Crippen LogP contribution in [0, 0.1) is 6.92 Å². The summed E-state index contributed by atoms with van der Waals surface area (Å²) in [5, 5.41) is 9.21. The van der Waals surface area contributed by atoms with Crippen LogP contribution in [0.4, 0.5) is 0 Å². The topological polar surface area (TPSA) is 55.1 Å². The Morgan fingerprint density at radius 2 is 1.70 bits per heavy atom. The molecule has 0 radical (unpaired) electrons. The van der Waals surface area contributed by atoms with E-state index in [0.29, 0.717) is 5.69 Å². The zero-order valence-corrected chi connectivity index (χ0v) is 17.5. The summed E-state index contributed by atoms with van der Waals surface area (Å²) in [4.78, 5) is 15.5. The summed E-state index contributed by atoms with van der Waals surface area (Å²) < 4.78 is 1.55. The fourth-order valence-corrected chi connectivity index (χ4v) is 4.20. The molecule has 1 aromatic carbocycles. The molecule has 1 heterocycles. The largest absolute Gasteiger partial charge is 0.475 e. The molecule has 1 aromatic heterocycles. The lowest BCUT2D eigenvalue weighted by Crippen LogP contribution is -2.34. The number of hydrogen-bond donors (Lipinski definition) is 1. The normalized spacial score (nSPS) is 18.3. The van der Waals surface area contributed by atoms with E-state index in [1.165, 1.54) is 35.1 Å². The van der Waals surface area contributed by atoms with Gasteiger partial charge in [-0.1, -0.05) is 39.8 Å². The van der Waals surface area contributed by atoms with E-state index in [9.17, 15) is 9.90 Å². The number of aryl methyl sites for hydroxylation is 2. The van der Waals surface area contributed by atoms with Gasteiger partial charge in [-0.25, -0.2) is 9.78 Å². The van der Waals surface area contributed by atoms with E-state index in [0.717, 1.165) is 5.57 Å². The van der Waals surface area contributed by atoms with Crippen LogP contribution in [0.25, 0.3) is 11.6 Å². The molecule has 0 saturated carbocycles. The highest BCUT2D eigenvalue weighted by Gasteiger charge is 2.37. The van der Waals surface area contributed by atoms with Gasteiger partial charge in [-0.3, -0.25) is 0 Å². The summed E-state index contributed by atoms with van der Waals surface area (Å²) in [6.45, 7) is 13.6. The highest BCUT2D eigenvalue weighted by molar-refractivity contribution is 5.86. The lowest BCUT2D eigenvalue weighted by molar-refractivity contribution is 0.0679. The van der Waals surface area contributed by atoms with E-state index in [-0.39, 0.29) is 16.7 Å². The van der Waals surface area contributed by atoms with Crippen LogP contribution in [0.15, 0.2) is 18.3 Å². The molecule has 1 aliphatic carbocycles.